The van der Waals surface area contributed by atoms with E-state index in [-0.39, 0.29) is 11.9 Å². The van der Waals surface area contributed by atoms with Crippen LogP contribution in [-0.2, 0) is 11.2 Å². The molecule has 0 spiro atoms. The summed E-state index contributed by atoms with van der Waals surface area (Å²) in [6.45, 7) is 6.82. The van der Waals surface area contributed by atoms with Crippen LogP contribution in [0.1, 0.15) is 45.6 Å². The van der Waals surface area contributed by atoms with Gasteiger partial charge < -0.3 is 10.1 Å². The zero-order chi connectivity index (χ0) is 22.5. The van der Waals surface area contributed by atoms with Gasteiger partial charge in [-0.05, 0) is 74.1 Å². The molecule has 6 heteroatoms. The van der Waals surface area contributed by atoms with E-state index in [1.165, 1.54) is 12.1 Å². The lowest BCUT2D eigenvalue weighted by Crippen LogP contribution is -2.30. The van der Waals surface area contributed by atoms with Crippen molar-refractivity contribution in [3.8, 4) is 11.1 Å². The van der Waals surface area contributed by atoms with Crippen LogP contribution in [0.5, 0.6) is 0 Å². The zero-order valence-electron chi connectivity index (χ0n) is 18.9. The van der Waals surface area contributed by atoms with Gasteiger partial charge in [0.05, 0.1) is 12.1 Å². The van der Waals surface area contributed by atoms with Crippen molar-refractivity contribution < 1.29 is 9.13 Å². The number of anilines is 1. The van der Waals surface area contributed by atoms with E-state index in [9.17, 15) is 4.39 Å². The van der Waals surface area contributed by atoms with Gasteiger partial charge in [0.15, 0.2) is 0 Å². The molecule has 0 amide bonds. The molecule has 0 bridgehead atoms. The molecule has 1 atom stereocenters. The SMILES string of the molecule is CCCc1cc(-c2ccc(F)cc2)cc2c(NC(C)/C3=N/C(C)=C/CCCO3)ncnc12. The molecule has 1 unspecified atom stereocenters. The van der Waals surface area contributed by atoms with E-state index in [2.05, 4.69) is 45.4 Å². The Morgan fingerprint density at radius 2 is 1.94 bits per heavy atom. The molecule has 2 aromatic carbocycles. The van der Waals surface area contributed by atoms with E-state index in [1.54, 1.807) is 18.5 Å². The van der Waals surface area contributed by atoms with E-state index in [0.717, 1.165) is 64.8 Å². The normalized spacial score (nSPS) is 18.5. The number of allylic oxidation sites excluding steroid dienone is 2. The molecule has 32 heavy (non-hydrogen) atoms. The summed E-state index contributed by atoms with van der Waals surface area (Å²) in [6.07, 6.45) is 7.59. The van der Waals surface area contributed by atoms with Crippen LogP contribution in [0.15, 0.2) is 59.5 Å². The van der Waals surface area contributed by atoms with Gasteiger partial charge in [-0.2, -0.15) is 0 Å². The lowest BCUT2D eigenvalue weighted by Gasteiger charge is -2.20. The second-order valence-electron chi connectivity index (χ2n) is 8.16. The molecule has 3 aromatic rings. The first-order chi connectivity index (χ1) is 15.5. The summed E-state index contributed by atoms with van der Waals surface area (Å²) < 4.78 is 19.4. The highest BCUT2D eigenvalue weighted by molar-refractivity contribution is 5.96. The van der Waals surface area contributed by atoms with Crippen LogP contribution in [0.2, 0.25) is 0 Å². The molecule has 1 N–H and O–H groups in total. The Kier molecular flexibility index (Phi) is 6.78. The van der Waals surface area contributed by atoms with Gasteiger partial charge in [0.2, 0.25) is 5.90 Å². The Labute approximate surface area is 188 Å². The van der Waals surface area contributed by atoms with E-state index < -0.39 is 0 Å². The topological polar surface area (TPSA) is 59.4 Å². The Balaban J connectivity index is 1.75. The molecule has 1 aromatic heterocycles. The number of hydrogen-bond donors (Lipinski definition) is 1. The number of hydrogen-bond acceptors (Lipinski definition) is 5. The first-order valence-electron chi connectivity index (χ1n) is 11.2. The Morgan fingerprint density at radius 1 is 1.12 bits per heavy atom. The summed E-state index contributed by atoms with van der Waals surface area (Å²) in [5.74, 6) is 1.15. The van der Waals surface area contributed by atoms with E-state index in [4.69, 9.17) is 4.74 Å². The van der Waals surface area contributed by atoms with Crippen molar-refractivity contribution in [2.45, 2.75) is 52.5 Å². The van der Waals surface area contributed by atoms with E-state index in [0.29, 0.717) is 12.5 Å². The van der Waals surface area contributed by atoms with Crippen LogP contribution in [0.25, 0.3) is 22.0 Å². The minimum atomic E-state index is -0.243. The lowest BCUT2D eigenvalue weighted by atomic mass is 9.97. The van der Waals surface area contributed by atoms with Gasteiger partial charge in [0.25, 0.3) is 0 Å². The highest BCUT2D eigenvalue weighted by Crippen LogP contribution is 2.31. The molecule has 0 saturated heterocycles. The number of aryl methyl sites for hydroxylation is 1. The van der Waals surface area contributed by atoms with Gasteiger partial charge in [-0.1, -0.05) is 31.6 Å². The summed E-state index contributed by atoms with van der Waals surface area (Å²) in [5, 5.41) is 4.42. The van der Waals surface area contributed by atoms with Crippen molar-refractivity contribution in [1.82, 2.24) is 9.97 Å². The summed E-state index contributed by atoms with van der Waals surface area (Å²) in [4.78, 5) is 13.8. The molecule has 0 aliphatic carbocycles. The number of aliphatic imine (C=N–C) groups is 1. The molecular weight excluding hydrogens is 403 g/mol. The number of aromatic nitrogens is 2. The molecule has 0 saturated carbocycles. The van der Waals surface area contributed by atoms with Crippen molar-refractivity contribution in [3.63, 3.8) is 0 Å². The highest BCUT2D eigenvalue weighted by atomic mass is 19.1. The standard InChI is InChI=1S/C26H29FN4O/c1-4-7-20-14-21(19-9-11-22(27)12-10-19)15-23-24(20)28-16-29-25(23)31-18(3)26-30-17(2)8-5-6-13-32-26/h8-12,14-16,18H,4-7,13H2,1-3H3,(H,28,29,31)/b17-8+,30-26-. The second-order valence-corrected chi connectivity index (χ2v) is 8.16. The fourth-order valence-electron chi connectivity index (χ4n) is 3.94. The quantitative estimate of drug-likeness (QED) is 0.496. The van der Waals surface area contributed by atoms with Crippen LogP contribution < -0.4 is 5.32 Å². The number of fused-ring (bicyclic) bond motifs is 1. The third kappa shape index (κ3) is 4.96. The minimum absolute atomic E-state index is 0.154. The Morgan fingerprint density at radius 3 is 2.72 bits per heavy atom. The van der Waals surface area contributed by atoms with Gasteiger partial charge in [0.1, 0.15) is 24.0 Å². The third-order valence-corrected chi connectivity index (χ3v) is 5.56. The number of nitrogens with one attached hydrogen (secondary N) is 1. The van der Waals surface area contributed by atoms with Crippen LogP contribution in [0, 0.1) is 5.82 Å². The van der Waals surface area contributed by atoms with Crippen LogP contribution in [-0.4, -0.2) is 28.5 Å². The molecule has 166 valence electrons. The smallest absolute Gasteiger partial charge is 0.211 e. The molecule has 2 heterocycles. The monoisotopic (exact) mass is 432 g/mol. The van der Waals surface area contributed by atoms with Gasteiger partial charge in [-0.25, -0.2) is 19.4 Å². The minimum Gasteiger partial charge on any atom is -0.479 e. The number of rotatable bonds is 6. The summed E-state index contributed by atoms with van der Waals surface area (Å²) in [6, 6.07) is 10.6. The van der Waals surface area contributed by atoms with Gasteiger partial charge in [-0.3, -0.25) is 0 Å². The largest absolute Gasteiger partial charge is 0.479 e. The number of halogens is 1. The maximum absolute atomic E-state index is 13.5. The maximum atomic E-state index is 13.5. The molecule has 0 fully saturated rings. The highest BCUT2D eigenvalue weighted by Gasteiger charge is 2.17. The molecule has 4 rings (SSSR count). The maximum Gasteiger partial charge on any atom is 0.211 e. The summed E-state index contributed by atoms with van der Waals surface area (Å²) >= 11 is 0. The average Bonchev–Trinajstić information content (AvgIpc) is 2.77. The first-order valence-corrected chi connectivity index (χ1v) is 11.2. The number of benzene rings is 2. The number of nitrogens with zero attached hydrogens (tertiary/aromatic N) is 3. The van der Waals surface area contributed by atoms with E-state index >= 15 is 0 Å². The fraction of sp³-hybridized carbons (Fsp3) is 0.346. The van der Waals surface area contributed by atoms with Crippen LogP contribution in [0.4, 0.5) is 10.2 Å². The summed E-state index contributed by atoms with van der Waals surface area (Å²) in [5.41, 5.74) is 5.02. The van der Waals surface area contributed by atoms with E-state index in [1.807, 2.05) is 13.8 Å². The second kappa shape index (κ2) is 9.90. The van der Waals surface area contributed by atoms with Crippen LogP contribution in [0.3, 0.4) is 0 Å². The van der Waals surface area contributed by atoms with Crippen molar-refractivity contribution >= 4 is 22.6 Å². The van der Waals surface area contributed by atoms with Crippen molar-refractivity contribution in [1.29, 1.82) is 0 Å². The molecular formula is C26H29FN4O. The van der Waals surface area contributed by atoms with Crippen molar-refractivity contribution in [2.24, 2.45) is 4.99 Å². The zero-order valence-corrected chi connectivity index (χ0v) is 18.9. The predicted octanol–water partition coefficient (Wildman–Crippen LogP) is 6.30. The molecule has 1 aliphatic rings. The third-order valence-electron chi connectivity index (χ3n) is 5.56. The molecule has 0 radical (unpaired) electrons. The lowest BCUT2D eigenvalue weighted by molar-refractivity contribution is 0.286. The molecule has 5 nitrogen and oxygen atoms in total. The number of ether oxygens (including phenoxy) is 1. The molecule has 1 aliphatic heterocycles. The van der Waals surface area contributed by atoms with Gasteiger partial charge in [-0.15, -0.1) is 0 Å². The van der Waals surface area contributed by atoms with Crippen LogP contribution >= 0.6 is 0 Å². The summed E-state index contributed by atoms with van der Waals surface area (Å²) in [7, 11) is 0. The fourth-order valence-corrected chi connectivity index (χ4v) is 3.94. The van der Waals surface area contributed by atoms with Crippen molar-refractivity contribution in [2.75, 3.05) is 11.9 Å². The Bertz CT molecular complexity index is 1150. The predicted molar refractivity (Wildman–Crippen MR) is 128 cm³/mol. The van der Waals surface area contributed by atoms with Gasteiger partial charge >= 0.3 is 0 Å². The Hall–Kier alpha value is -3.28. The first kappa shape index (κ1) is 21.9. The van der Waals surface area contributed by atoms with Crippen molar-refractivity contribution in [3.05, 3.63) is 65.9 Å². The van der Waals surface area contributed by atoms with Gasteiger partial charge in [0, 0.05) is 11.1 Å². The average molecular weight is 433 g/mol.